The Morgan fingerprint density at radius 3 is 2.65 bits per heavy atom. The lowest BCUT2D eigenvalue weighted by Crippen LogP contribution is -2.11. The first-order valence-corrected chi connectivity index (χ1v) is 12.4. The van der Waals surface area contributed by atoms with Crippen LogP contribution in [-0.4, -0.2) is 17.3 Å². The molecule has 0 bridgehead atoms. The van der Waals surface area contributed by atoms with E-state index in [1.54, 1.807) is 36.0 Å². The molecule has 5 nitrogen and oxygen atoms in total. The third-order valence-electron chi connectivity index (χ3n) is 5.41. The van der Waals surface area contributed by atoms with Gasteiger partial charge in [0.15, 0.2) is 11.3 Å². The monoisotopic (exact) mass is 491 g/mol. The predicted octanol–water partition coefficient (Wildman–Crippen LogP) is 7.51. The number of hydrogen-bond donors (Lipinski definition) is 0. The zero-order valence-electron chi connectivity index (χ0n) is 18.5. The maximum atomic E-state index is 13.2. The van der Waals surface area contributed by atoms with E-state index in [0.29, 0.717) is 33.6 Å². The number of oxazole rings is 1. The molecule has 0 aliphatic heterocycles. The molecule has 172 valence electrons. The molecule has 0 aliphatic rings. The van der Waals surface area contributed by atoms with Gasteiger partial charge in [-0.1, -0.05) is 65.3 Å². The highest BCUT2D eigenvalue weighted by molar-refractivity contribution is 7.99. The second kappa shape index (κ2) is 9.95. The fourth-order valence-electron chi connectivity index (χ4n) is 3.63. The van der Waals surface area contributed by atoms with Crippen molar-refractivity contribution in [1.29, 1.82) is 0 Å². The van der Waals surface area contributed by atoms with Crippen molar-refractivity contribution in [2.24, 2.45) is 0 Å². The first-order valence-electron chi connectivity index (χ1n) is 11.0. The largest absolute Gasteiger partial charge is 0.486 e. The SMILES string of the molecule is Cc1ccc(-c2oc3ccccc3c(=O)c2OCCCCSc2nc3cc(Cl)ccc3o2)cc1. The molecular formula is C27H22ClNO4S. The highest BCUT2D eigenvalue weighted by Gasteiger charge is 2.17. The number of aryl methyl sites for hydroxylation is 1. The molecule has 2 aromatic heterocycles. The maximum absolute atomic E-state index is 13.2. The number of para-hydroxylation sites is 1. The lowest BCUT2D eigenvalue weighted by molar-refractivity contribution is 0.302. The molecule has 0 saturated carbocycles. The molecule has 2 heterocycles. The Bertz CT molecular complexity index is 1510. The number of hydrogen-bond acceptors (Lipinski definition) is 6. The van der Waals surface area contributed by atoms with Crippen LogP contribution in [0.2, 0.25) is 5.02 Å². The van der Waals surface area contributed by atoms with Crippen LogP contribution < -0.4 is 10.2 Å². The molecule has 5 aromatic rings. The van der Waals surface area contributed by atoms with Crippen molar-refractivity contribution in [3.05, 3.63) is 87.5 Å². The van der Waals surface area contributed by atoms with Crippen LogP contribution in [-0.2, 0) is 0 Å². The summed E-state index contributed by atoms with van der Waals surface area (Å²) in [5.41, 5.74) is 3.82. The van der Waals surface area contributed by atoms with Gasteiger partial charge in [-0.25, -0.2) is 4.98 Å². The number of thioether (sulfide) groups is 1. The topological polar surface area (TPSA) is 65.5 Å². The molecule has 34 heavy (non-hydrogen) atoms. The Morgan fingerprint density at radius 1 is 0.971 bits per heavy atom. The van der Waals surface area contributed by atoms with Crippen molar-refractivity contribution in [2.45, 2.75) is 25.0 Å². The minimum atomic E-state index is -0.156. The molecule has 7 heteroatoms. The molecule has 0 radical (unpaired) electrons. The summed E-state index contributed by atoms with van der Waals surface area (Å²) < 4.78 is 17.9. The molecular weight excluding hydrogens is 470 g/mol. The standard InChI is InChI=1S/C27H22ClNO4S/c1-17-8-10-18(11-9-17)25-26(24(30)20-6-2-3-7-22(20)32-25)31-14-4-5-15-34-27-29-21-16-19(28)12-13-23(21)33-27/h2-3,6-13,16H,4-5,14-15H2,1H3. The summed E-state index contributed by atoms with van der Waals surface area (Å²) in [6.07, 6.45) is 1.65. The van der Waals surface area contributed by atoms with E-state index in [1.165, 1.54) is 0 Å². The summed E-state index contributed by atoms with van der Waals surface area (Å²) >= 11 is 7.56. The van der Waals surface area contributed by atoms with E-state index in [1.807, 2.05) is 49.4 Å². The number of halogens is 1. The number of unbranched alkanes of at least 4 members (excludes halogenated alkanes) is 1. The first-order chi connectivity index (χ1) is 16.6. The smallest absolute Gasteiger partial charge is 0.256 e. The molecule has 0 saturated heterocycles. The molecule has 0 atom stereocenters. The van der Waals surface area contributed by atoms with Crippen LogP contribution in [0.3, 0.4) is 0 Å². The van der Waals surface area contributed by atoms with Crippen LogP contribution in [0.4, 0.5) is 0 Å². The molecule has 5 rings (SSSR count). The van der Waals surface area contributed by atoms with E-state index in [4.69, 9.17) is 25.2 Å². The van der Waals surface area contributed by atoms with Gasteiger partial charge in [0.1, 0.15) is 11.1 Å². The summed E-state index contributed by atoms with van der Waals surface area (Å²) in [6.45, 7) is 2.43. The van der Waals surface area contributed by atoms with Crippen molar-refractivity contribution in [3.63, 3.8) is 0 Å². The average molecular weight is 492 g/mol. The van der Waals surface area contributed by atoms with E-state index in [0.717, 1.165) is 40.8 Å². The van der Waals surface area contributed by atoms with Gasteiger partial charge in [0.25, 0.3) is 5.22 Å². The number of aromatic nitrogens is 1. The summed E-state index contributed by atoms with van der Waals surface area (Å²) in [6, 6.07) is 20.5. The Kier molecular flexibility index (Phi) is 6.61. The van der Waals surface area contributed by atoms with Gasteiger partial charge in [-0.05, 0) is 50.1 Å². The zero-order valence-corrected chi connectivity index (χ0v) is 20.1. The minimum absolute atomic E-state index is 0.156. The van der Waals surface area contributed by atoms with Crippen LogP contribution >= 0.6 is 23.4 Å². The molecule has 0 fully saturated rings. The highest BCUT2D eigenvalue weighted by atomic mass is 35.5. The number of rotatable bonds is 8. The molecule has 0 amide bonds. The number of fused-ring (bicyclic) bond motifs is 2. The summed E-state index contributed by atoms with van der Waals surface area (Å²) in [4.78, 5) is 17.6. The zero-order chi connectivity index (χ0) is 23.5. The summed E-state index contributed by atoms with van der Waals surface area (Å²) in [7, 11) is 0. The Balaban J connectivity index is 1.25. The van der Waals surface area contributed by atoms with Crippen molar-refractivity contribution >= 4 is 45.4 Å². The molecule has 0 aliphatic carbocycles. The van der Waals surface area contributed by atoms with Crippen LogP contribution in [0.1, 0.15) is 18.4 Å². The lowest BCUT2D eigenvalue weighted by Gasteiger charge is -2.12. The number of benzene rings is 3. The highest BCUT2D eigenvalue weighted by Crippen LogP contribution is 2.31. The van der Waals surface area contributed by atoms with Gasteiger partial charge in [0.2, 0.25) is 11.2 Å². The number of ether oxygens (including phenoxy) is 1. The lowest BCUT2D eigenvalue weighted by atomic mass is 10.1. The van der Waals surface area contributed by atoms with Crippen LogP contribution in [0, 0.1) is 6.92 Å². The van der Waals surface area contributed by atoms with Gasteiger partial charge in [0.05, 0.1) is 12.0 Å². The van der Waals surface area contributed by atoms with Crippen LogP contribution in [0.15, 0.2) is 85.6 Å². The quantitative estimate of drug-likeness (QED) is 0.165. The molecule has 0 unspecified atom stereocenters. The molecule has 3 aromatic carbocycles. The fourth-order valence-corrected chi connectivity index (χ4v) is 4.63. The molecule has 0 spiro atoms. The van der Waals surface area contributed by atoms with Crippen molar-refractivity contribution in [2.75, 3.05) is 12.4 Å². The fraction of sp³-hybridized carbons (Fsp3) is 0.185. The third-order valence-corrected chi connectivity index (χ3v) is 6.56. The average Bonchev–Trinajstić information content (AvgIpc) is 3.24. The van der Waals surface area contributed by atoms with Crippen LogP contribution in [0.5, 0.6) is 5.75 Å². The van der Waals surface area contributed by atoms with Gasteiger partial charge in [-0.3, -0.25) is 4.79 Å². The Labute approximate surface area is 205 Å². The van der Waals surface area contributed by atoms with Gasteiger partial charge in [-0.2, -0.15) is 0 Å². The van der Waals surface area contributed by atoms with E-state index >= 15 is 0 Å². The Morgan fingerprint density at radius 2 is 1.79 bits per heavy atom. The summed E-state index contributed by atoms with van der Waals surface area (Å²) in [5, 5.41) is 1.77. The van der Waals surface area contributed by atoms with Gasteiger partial charge in [0, 0.05) is 16.3 Å². The van der Waals surface area contributed by atoms with Crippen molar-refractivity contribution < 1.29 is 13.6 Å². The second-order valence-electron chi connectivity index (χ2n) is 7.95. The third kappa shape index (κ3) is 4.83. The van der Waals surface area contributed by atoms with Crippen molar-refractivity contribution in [1.82, 2.24) is 4.98 Å². The van der Waals surface area contributed by atoms with Gasteiger partial charge < -0.3 is 13.6 Å². The number of nitrogens with zero attached hydrogens (tertiary/aromatic N) is 1. The first kappa shape index (κ1) is 22.6. The van der Waals surface area contributed by atoms with E-state index < -0.39 is 0 Å². The van der Waals surface area contributed by atoms with Crippen molar-refractivity contribution in [3.8, 4) is 17.1 Å². The Hall–Kier alpha value is -3.22. The normalized spacial score (nSPS) is 11.4. The van der Waals surface area contributed by atoms with E-state index in [2.05, 4.69) is 4.98 Å². The van der Waals surface area contributed by atoms with E-state index in [-0.39, 0.29) is 11.2 Å². The maximum Gasteiger partial charge on any atom is 0.256 e. The van der Waals surface area contributed by atoms with Crippen LogP contribution in [0.25, 0.3) is 33.4 Å². The molecule has 0 N–H and O–H groups in total. The second-order valence-corrected chi connectivity index (χ2v) is 9.43. The van der Waals surface area contributed by atoms with Gasteiger partial charge in [-0.15, -0.1) is 0 Å². The van der Waals surface area contributed by atoms with E-state index in [9.17, 15) is 4.79 Å². The predicted molar refractivity (Wildman–Crippen MR) is 137 cm³/mol. The summed E-state index contributed by atoms with van der Waals surface area (Å²) in [5.74, 6) is 1.54. The minimum Gasteiger partial charge on any atom is -0.486 e. The van der Waals surface area contributed by atoms with Gasteiger partial charge >= 0.3 is 0 Å².